The number of rotatable bonds is 3. The van der Waals surface area contributed by atoms with Crippen LogP contribution in [0, 0.1) is 6.92 Å². The van der Waals surface area contributed by atoms with Gasteiger partial charge in [0.25, 0.3) is 0 Å². The van der Waals surface area contributed by atoms with Crippen LogP contribution in [0.3, 0.4) is 0 Å². The molecule has 1 aliphatic rings. The fraction of sp³-hybridized carbons (Fsp3) is 0.286. The quantitative estimate of drug-likeness (QED) is 0.459. The molecule has 0 bridgehead atoms. The van der Waals surface area contributed by atoms with Crippen molar-refractivity contribution in [1.29, 1.82) is 0 Å². The number of thiol groups is 1. The summed E-state index contributed by atoms with van der Waals surface area (Å²) in [6.07, 6.45) is 6.26. The van der Waals surface area contributed by atoms with Gasteiger partial charge in [0.1, 0.15) is 0 Å². The predicted molar refractivity (Wildman–Crippen MR) is 81.3 cm³/mol. The first-order valence-electron chi connectivity index (χ1n) is 5.70. The van der Waals surface area contributed by atoms with E-state index in [0.717, 1.165) is 17.7 Å². The first kappa shape index (κ1) is 12.7. The van der Waals surface area contributed by atoms with E-state index in [4.69, 9.17) is 0 Å². The van der Waals surface area contributed by atoms with Crippen LogP contribution in [0.4, 0.5) is 0 Å². The van der Waals surface area contributed by atoms with Crippen LogP contribution in [-0.2, 0) is 6.42 Å². The lowest BCUT2D eigenvalue weighted by atomic mass is 9.91. The summed E-state index contributed by atoms with van der Waals surface area (Å²) in [6, 6.07) is 2.25. The first-order chi connectivity index (χ1) is 8.15. The van der Waals surface area contributed by atoms with Gasteiger partial charge < -0.3 is 4.98 Å². The third kappa shape index (κ3) is 2.55. The lowest BCUT2D eigenvalue weighted by Crippen LogP contribution is -2.00. The van der Waals surface area contributed by atoms with Gasteiger partial charge in [-0.2, -0.15) is 0 Å². The number of nitrogens with one attached hydrogen (secondary N) is 1. The molecule has 1 nitrogen and oxygen atoms in total. The summed E-state index contributed by atoms with van der Waals surface area (Å²) in [4.78, 5) is 4.55. The summed E-state index contributed by atoms with van der Waals surface area (Å²) >= 11 is 4.23. The van der Waals surface area contributed by atoms with E-state index in [2.05, 4.69) is 49.2 Å². The molecule has 0 aromatic carbocycles. The summed E-state index contributed by atoms with van der Waals surface area (Å²) < 4.78 is 0. The molecule has 1 aromatic heterocycles. The van der Waals surface area contributed by atoms with Gasteiger partial charge in [0.05, 0.1) is 0 Å². The van der Waals surface area contributed by atoms with E-state index in [-0.39, 0.29) is 0 Å². The van der Waals surface area contributed by atoms with Crippen LogP contribution >= 0.6 is 22.5 Å². The molecular formula is C14H17NS2. The maximum absolute atomic E-state index is 4.23. The highest BCUT2D eigenvalue weighted by Crippen LogP contribution is 2.33. The predicted octanol–water partition coefficient (Wildman–Crippen LogP) is 4.69. The molecule has 0 spiro atoms. The van der Waals surface area contributed by atoms with Crippen LogP contribution in [0.1, 0.15) is 30.3 Å². The number of allylic oxidation sites excluding steroid dienone is 4. The molecule has 0 fully saturated rings. The van der Waals surface area contributed by atoms with E-state index in [0.29, 0.717) is 0 Å². The van der Waals surface area contributed by atoms with E-state index in [9.17, 15) is 0 Å². The van der Waals surface area contributed by atoms with Crippen LogP contribution < -0.4 is 0 Å². The fourth-order valence-electron chi connectivity index (χ4n) is 2.27. The summed E-state index contributed by atoms with van der Waals surface area (Å²) in [7, 11) is 1.45. The van der Waals surface area contributed by atoms with Gasteiger partial charge in [0.15, 0.2) is 0 Å². The standard InChI is InChI=1S/C14H17NS2/c1-4-13(17-16)8-11-5-6-12-7-9(2)15-14(12)10(11)3/h4,7-8,15-16H,1,5-6H2,2-3H3/b13-8+. The zero-order chi connectivity index (χ0) is 12.4. The molecule has 1 aromatic rings. The summed E-state index contributed by atoms with van der Waals surface area (Å²) in [6.45, 7) is 8.10. The van der Waals surface area contributed by atoms with E-state index < -0.39 is 0 Å². The third-order valence-corrected chi connectivity index (χ3v) is 4.31. The summed E-state index contributed by atoms with van der Waals surface area (Å²) in [5.41, 5.74) is 6.72. The molecule has 0 amide bonds. The highest BCUT2D eigenvalue weighted by Gasteiger charge is 2.16. The van der Waals surface area contributed by atoms with Crippen molar-refractivity contribution in [3.05, 3.63) is 52.2 Å². The molecule has 1 heterocycles. The zero-order valence-electron chi connectivity index (χ0n) is 10.2. The number of hydrogen-bond acceptors (Lipinski definition) is 2. The minimum atomic E-state index is 1.10. The highest BCUT2D eigenvalue weighted by atomic mass is 33.1. The topological polar surface area (TPSA) is 15.8 Å². The molecule has 0 aliphatic heterocycles. The van der Waals surface area contributed by atoms with Crippen LogP contribution in [0.15, 0.2) is 35.3 Å². The number of aromatic amines is 1. The van der Waals surface area contributed by atoms with Gasteiger partial charge in [-0.15, -0.1) is 11.7 Å². The van der Waals surface area contributed by atoms with E-state index in [1.54, 1.807) is 0 Å². The van der Waals surface area contributed by atoms with Crippen molar-refractivity contribution in [2.45, 2.75) is 26.7 Å². The second kappa shape index (κ2) is 5.23. The number of aromatic nitrogens is 1. The molecule has 90 valence electrons. The van der Waals surface area contributed by atoms with Gasteiger partial charge in [-0.1, -0.05) is 23.4 Å². The van der Waals surface area contributed by atoms with Crippen molar-refractivity contribution in [2.24, 2.45) is 0 Å². The zero-order valence-corrected chi connectivity index (χ0v) is 11.9. The smallest absolute Gasteiger partial charge is 0.0447 e. The Hall–Kier alpha value is -0.800. The highest BCUT2D eigenvalue weighted by molar-refractivity contribution is 8.70. The van der Waals surface area contributed by atoms with Gasteiger partial charge in [-0.25, -0.2) is 0 Å². The molecule has 3 heteroatoms. The molecular weight excluding hydrogens is 246 g/mol. The van der Waals surface area contributed by atoms with E-state index in [1.807, 2.05) is 6.08 Å². The molecule has 0 unspecified atom stereocenters. The lowest BCUT2D eigenvalue weighted by Gasteiger charge is -2.16. The minimum Gasteiger partial charge on any atom is -0.359 e. The monoisotopic (exact) mass is 263 g/mol. The SMILES string of the molecule is C=C/C(=C\C1=C(C)c2[nH]c(C)cc2CC1)SS. The van der Waals surface area contributed by atoms with Gasteiger partial charge in [0, 0.05) is 16.3 Å². The Kier molecular flexibility index (Phi) is 3.89. The van der Waals surface area contributed by atoms with Crippen LogP contribution in [0.5, 0.6) is 0 Å². The Morgan fingerprint density at radius 1 is 1.47 bits per heavy atom. The Labute approximate surface area is 112 Å². The molecule has 1 aliphatic carbocycles. The maximum atomic E-state index is 4.23. The van der Waals surface area contributed by atoms with Crippen molar-refractivity contribution >= 4 is 28.0 Å². The first-order valence-corrected chi connectivity index (χ1v) is 7.56. The minimum absolute atomic E-state index is 1.10. The number of hydrogen-bond donors (Lipinski definition) is 2. The van der Waals surface area contributed by atoms with Crippen molar-refractivity contribution in [1.82, 2.24) is 4.98 Å². The van der Waals surface area contributed by atoms with E-state index in [1.165, 1.54) is 38.9 Å². The Morgan fingerprint density at radius 3 is 2.88 bits per heavy atom. The van der Waals surface area contributed by atoms with Crippen LogP contribution in [0.2, 0.25) is 0 Å². The maximum Gasteiger partial charge on any atom is 0.0447 e. The van der Waals surface area contributed by atoms with Gasteiger partial charge in [-0.05, 0) is 55.5 Å². The van der Waals surface area contributed by atoms with E-state index >= 15 is 0 Å². The second-order valence-electron chi connectivity index (χ2n) is 4.34. The second-order valence-corrected chi connectivity index (χ2v) is 5.55. The van der Waals surface area contributed by atoms with Crippen LogP contribution in [-0.4, -0.2) is 4.98 Å². The number of H-pyrrole nitrogens is 1. The summed E-state index contributed by atoms with van der Waals surface area (Å²) in [5.74, 6) is 0. The summed E-state index contributed by atoms with van der Waals surface area (Å²) in [5, 5.41) is 0. The Balaban J connectivity index is 2.43. The van der Waals surface area contributed by atoms with Gasteiger partial charge in [0.2, 0.25) is 0 Å². The van der Waals surface area contributed by atoms with Crippen LogP contribution in [0.25, 0.3) is 5.57 Å². The Morgan fingerprint density at radius 2 is 2.24 bits per heavy atom. The number of fused-ring (bicyclic) bond motifs is 1. The van der Waals surface area contributed by atoms with Crippen molar-refractivity contribution in [3.8, 4) is 0 Å². The fourth-order valence-corrected chi connectivity index (χ4v) is 2.92. The normalized spacial score (nSPS) is 16.1. The molecule has 0 radical (unpaired) electrons. The molecule has 1 N–H and O–H groups in total. The lowest BCUT2D eigenvalue weighted by molar-refractivity contribution is 0.936. The molecule has 17 heavy (non-hydrogen) atoms. The number of aryl methyl sites for hydroxylation is 2. The van der Waals surface area contributed by atoms with Gasteiger partial charge in [-0.3, -0.25) is 0 Å². The average molecular weight is 263 g/mol. The average Bonchev–Trinajstić information content (AvgIpc) is 2.70. The van der Waals surface area contributed by atoms with Crippen molar-refractivity contribution in [3.63, 3.8) is 0 Å². The largest absolute Gasteiger partial charge is 0.359 e. The molecule has 2 rings (SSSR count). The molecule has 0 saturated heterocycles. The Bertz CT molecular complexity index is 506. The van der Waals surface area contributed by atoms with Crippen molar-refractivity contribution in [2.75, 3.05) is 0 Å². The molecule has 0 saturated carbocycles. The van der Waals surface area contributed by atoms with Gasteiger partial charge >= 0.3 is 0 Å². The third-order valence-electron chi connectivity index (χ3n) is 3.18. The molecule has 0 atom stereocenters. The van der Waals surface area contributed by atoms with Crippen molar-refractivity contribution < 1.29 is 0 Å².